The van der Waals surface area contributed by atoms with Crippen molar-refractivity contribution in [1.29, 1.82) is 0 Å². The third-order valence-electron chi connectivity index (χ3n) is 5.46. The minimum atomic E-state index is -0.698. The van der Waals surface area contributed by atoms with Gasteiger partial charge in [0.2, 0.25) is 5.91 Å². The normalized spacial score (nSPS) is 27.0. The third kappa shape index (κ3) is 6.28. The highest BCUT2D eigenvalue weighted by Crippen LogP contribution is 2.23. The number of likely N-dealkylation sites (tertiary alicyclic amines) is 1. The highest BCUT2D eigenvalue weighted by Gasteiger charge is 2.26. The van der Waals surface area contributed by atoms with Crippen molar-refractivity contribution in [3.63, 3.8) is 0 Å². The molecule has 1 aliphatic carbocycles. The number of guanidine groups is 1. The lowest BCUT2D eigenvalue weighted by atomic mass is 9.95. The van der Waals surface area contributed by atoms with E-state index in [0.29, 0.717) is 17.2 Å². The summed E-state index contributed by atoms with van der Waals surface area (Å²) in [4.78, 5) is 17.7. The van der Waals surface area contributed by atoms with Gasteiger partial charge in [0.15, 0.2) is 5.96 Å². The first-order valence-electron chi connectivity index (χ1n) is 9.63. The first kappa shape index (κ1) is 20.2. The van der Waals surface area contributed by atoms with Gasteiger partial charge < -0.3 is 15.5 Å². The Morgan fingerprint density at radius 1 is 1.24 bits per heavy atom. The predicted octanol–water partition coefficient (Wildman–Crippen LogP) is 1.49. The monoisotopic (exact) mass is 370 g/mol. The molecule has 6 nitrogen and oxygen atoms in total. The summed E-state index contributed by atoms with van der Waals surface area (Å²) in [6, 6.07) is 0.361. The first-order valence-corrected chi connectivity index (χ1v) is 11.0. The molecule has 144 valence electrons. The van der Waals surface area contributed by atoms with Crippen molar-refractivity contribution >= 4 is 22.7 Å². The van der Waals surface area contributed by atoms with E-state index >= 15 is 0 Å². The Morgan fingerprint density at radius 3 is 2.56 bits per heavy atom. The standard InChI is InChI=1S/C18H34N4O2S/c1-4-25(24)17-7-5-6-16(12-17)21-18(19-3)20-13-15-8-10-22(11-9-15)14(2)23/h15-17H,4-13H2,1-3H3,(H2,19,20,21). The summed E-state index contributed by atoms with van der Waals surface area (Å²) in [5, 5.41) is 7.29. The first-order chi connectivity index (χ1) is 12.0. The molecule has 3 atom stereocenters. The lowest BCUT2D eigenvalue weighted by Gasteiger charge is -2.33. The summed E-state index contributed by atoms with van der Waals surface area (Å²) in [6.45, 7) is 6.27. The van der Waals surface area contributed by atoms with Gasteiger partial charge in [0, 0.05) is 61.4 Å². The molecule has 0 aromatic carbocycles. The average molecular weight is 371 g/mol. The number of rotatable bonds is 5. The SMILES string of the molecule is CCS(=O)C1CCCC(NC(=NC)NCC2CCN(C(C)=O)CC2)C1. The highest BCUT2D eigenvalue weighted by atomic mass is 32.2. The smallest absolute Gasteiger partial charge is 0.219 e. The number of nitrogens with one attached hydrogen (secondary N) is 2. The topological polar surface area (TPSA) is 73.8 Å². The minimum Gasteiger partial charge on any atom is -0.356 e. The van der Waals surface area contributed by atoms with Gasteiger partial charge >= 0.3 is 0 Å². The van der Waals surface area contributed by atoms with Crippen LogP contribution in [-0.2, 0) is 15.6 Å². The molecule has 0 spiro atoms. The number of carbonyl (C=O) groups is 1. The zero-order chi connectivity index (χ0) is 18.2. The van der Waals surface area contributed by atoms with E-state index in [4.69, 9.17) is 0 Å². The van der Waals surface area contributed by atoms with Crippen LogP contribution in [0.1, 0.15) is 52.4 Å². The van der Waals surface area contributed by atoms with Crippen LogP contribution in [-0.4, -0.2) is 64.7 Å². The summed E-state index contributed by atoms with van der Waals surface area (Å²) in [7, 11) is 1.11. The Kier molecular flexibility index (Phi) is 8.19. The van der Waals surface area contributed by atoms with Crippen LogP contribution < -0.4 is 10.6 Å². The van der Waals surface area contributed by atoms with Gasteiger partial charge in [-0.15, -0.1) is 0 Å². The van der Waals surface area contributed by atoms with Gasteiger partial charge in [-0.2, -0.15) is 0 Å². The second-order valence-electron chi connectivity index (χ2n) is 7.20. The predicted molar refractivity (Wildman–Crippen MR) is 104 cm³/mol. The number of aliphatic imine (C=N–C) groups is 1. The van der Waals surface area contributed by atoms with E-state index in [1.807, 2.05) is 11.8 Å². The van der Waals surface area contributed by atoms with E-state index in [1.54, 1.807) is 14.0 Å². The van der Waals surface area contributed by atoms with Gasteiger partial charge in [-0.1, -0.05) is 13.3 Å². The fourth-order valence-electron chi connectivity index (χ4n) is 3.83. The van der Waals surface area contributed by atoms with Crippen molar-refractivity contribution in [3.8, 4) is 0 Å². The average Bonchev–Trinajstić information content (AvgIpc) is 2.64. The number of piperidine rings is 1. The van der Waals surface area contributed by atoms with E-state index in [1.165, 1.54) is 0 Å². The third-order valence-corrected chi connectivity index (χ3v) is 7.21. The Balaban J connectivity index is 1.74. The molecule has 3 unspecified atom stereocenters. The van der Waals surface area contributed by atoms with Gasteiger partial charge in [-0.3, -0.25) is 14.0 Å². The molecule has 0 aromatic rings. The zero-order valence-corrected chi connectivity index (χ0v) is 16.7. The Bertz CT molecular complexity index is 489. The summed E-state index contributed by atoms with van der Waals surface area (Å²) >= 11 is 0. The number of nitrogens with zero attached hydrogens (tertiary/aromatic N) is 2. The number of hydrogen-bond acceptors (Lipinski definition) is 3. The summed E-state index contributed by atoms with van der Waals surface area (Å²) < 4.78 is 12.1. The molecular formula is C18H34N4O2S. The fourth-order valence-corrected chi connectivity index (χ4v) is 5.18. The van der Waals surface area contributed by atoms with Gasteiger partial charge in [0.1, 0.15) is 0 Å². The van der Waals surface area contributed by atoms with E-state index in [0.717, 1.165) is 69.9 Å². The molecule has 1 aliphatic heterocycles. The number of carbonyl (C=O) groups excluding carboxylic acids is 1. The maximum Gasteiger partial charge on any atom is 0.219 e. The maximum atomic E-state index is 12.1. The van der Waals surface area contributed by atoms with Crippen LogP contribution in [0.4, 0.5) is 0 Å². The fraction of sp³-hybridized carbons (Fsp3) is 0.889. The molecule has 7 heteroatoms. The van der Waals surface area contributed by atoms with E-state index in [9.17, 15) is 9.00 Å². The van der Waals surface area contributed by atoms with Crippen molar-refractivity contribution in [1.82, 2.24) is 15.5 Å². The largest absolute Gasteiger partial charge is 0.356 e. The molecule has 0 aromatic heterocycles. The Hall–Kier alpha value is -1.11. The lowest BCUT2D eigenvalue weighted by Crippen LogP contribution is -2.48. The van der Waals surface area contributed by atoms with Crippen LogP contribution in [0.25, 0.3) is 0 Å². The Morgan fingerprint density at radius 2 is 1.96 bits per heavy atom. The van der Waals surface area contributed by atoms with E-state index in [2.05, 4.69) is 15.6 Å². The van der Waals surface area contributed by atoms with Gasteiger partial charge in [0.25, 0.3) is 0 Å². The summed E-state index contributed by atoms with van der Waals surface area (Å²) in [5.74, 6) is 2.37. The van der Waals surface area contributed by atoms with Crippen LogP contribution in [0.3, 0.4) is 0 Å². The Labute approximate surface area is 154 Å². The molecule has 2 N–H and O–H groups in total. The van der Waals surface area contributed by atoms with Gasteiger partial charge in [-0.25, -0.2) is 0 Å². The number of hydrogen-bond donors (Lipinski definition) is 2. The van der Waals surface area contributed by atoms with Crippen LogP contribution in [0.2, 0.25) is 0 Å². The van der Waals surface area contributed by atoms with Crippen molar-refractivity contribution < 1.29 is 9.00 Å². The lowest BCUT2D eigenvalue weighted by molar-refractivity contribution is -0.130. The molecule has 25 heavy (non-hydrogen) atoms. The molecular weight excluding hydrogens is 336 g/mol. The highest BCUT2D eigenvalue weighted by molar-refractivity contribution is 7.85. The van der Waals surface area contributed by atoms with E-state index in [-0.39, 0.29) is 5.91 Å². The van der Waals surface area contributed by atoms with Gasteiger partial charge in [-0.05, 0) is 38.0 Å². The molecule has 1 amide bonds. The van der Waals surface area contributed by atoms with Gasteiger partial charge in [0.05, 0.1) is 0 Å². The molecule has 2 aliphatic rings. The quantitative estimate of drug-likeness (QED) is 0.568. The van der Waals surface area contributed by atoms with Crippen molar-refractivity contribution in [3.05, 3.63) is 0 Å². The second-order valence-corrected chi connectivity index (χ2v) is 9.21. The van der Waals surface area contributed by atoms with Crippen molar-refractivity contribution in [2.24, 2.45) is 10.9 Å². The summed E-state index contributed by atoms with van der Waals surface area (Å²) in [6.07, 6.45) is 6.40. The minimum absolute atomic E-state index is 0.181. The summed E-state index contributed by atoms with van der Waals surface area (Å²) in [5.41, 5.74) is 0. The van der Waals surface area contributed by atoms with Crippen LogP contribution in [0.15, 0.2) is 4.99 Å². The van der Waals surface area contributed by atoms with E-state index < -0.39 is 10.8 Å². The second kappa shape index (κ2) is 10.1. The zero-order valence-electron chi connectivity index (χ0n) is 15.9. The van der Waals surface area contributed by atoms with Crippen molar-refractivity contribution in [2.45, 2.75) is 63.7 Å². The van der Waals surface area contributed by atoms with Crippen LogP contribution >= 0.6 is 0 Å². The molecule has 2 rings (SSSR count). The van der Waals surface area contributed by atoms with Crippen LogP contribution in [0.5, 0.6) is 0 Å². The van der Waals surface area contributed by atoms with Crippen LogP contribution in [0, 0.1) is 5.92 Å². The molecule has 2 fully saturated rings. The van der Waals surface area contributed by atoms with Crippen molar-refractivity contribution in [2.75, 3.05) is 32.4 Å². The number of amides is 1. The maximum absolute atomic E-state index is 12.1. The molecule has 1 saturated heterocycles. The molecule has 0 bridgehead atoms. The molecule has 1 saturated carbocycles. The molecule has 1 heterocycles. The molecule has 0 radical (unpaired) electrons.